The largest absolute Gasteiger partial charge is 0.457 e. The molecule has 0 amide bonds. The van der Waals surface area contributed by atoms with E-state index in [2.05, 4.69) is 50.3 Å². The monoisotopic (exact) mass is 795 g/mol. The number of aliphatic hydroxyl groups is 4. The molecule has 0 spiro atoms. The van der Waals surface area contributed by atoms with E-state index in [4.69, 9.17) is 18.9 Å². The minimum atomic E-state index is -1.54. The summed E-state index contributed by atoms with van der Waals surface area (Å²) in [5, 5.41) is 40.1. The van der Waals surface area contributed by atoms with Gasteiger partial charge in [0.1, 0.15) is 30.5 Å². The van der Waals surface area contributed by atoms with Crippen LogP contribution in [0.2, 0.25) is 0 Å². The van der Waals surface area contributed by atoms with E-state index in [-0.39, 0.29) is 19.2 Å². The summed E-state index contributed by atoms with van der Waals surface area (Å²) in [6.45, 7) is 4.52. The van der Waals surface area contributed by atoms with E-state index in [1.165, 1.54) is 109 Å². The van der Waals surface area contributed by atoms with E-state index >= 15 is 0 Å². The molecule has 0 bridgehead atoms. The molecule has 4 N–H and O–H groups in total. The van der Waals surface area contributed by atoms with Gasteiger partial charge in [-0.2, -0.15) is 0 Å². The van der Waals surface area contributed by atoms with Crippen molar-refractivity contribution in [3.63, 3.8) is 0 Å². The van der Waals surface area contributed by atoms with Crippen molar-refractivity contribution in [2.45, 2.75) is 230 Å². The second-order valence-electron chi connectivity index (χ2n) is 15.8. The molecular formula is C47H86O9. The molecule has 0 aliphatic carbocycles. The van der Waals surface area contributed by atoms with Crippen molar-refractivity contribution >= 4 is 5.97 Å². The highest BCUT2D eigenvalue weighted by Crippen LogP contribution is 2.22. The average molecular weight is 795 g/mol. The lowest BCUT2D eigenvalue weighted by atomic mass is 9.99. The zero-order valence-corrected chi connectivity index (χ0v) is 35.9. The Hall–Kier alpha value is -1.59. The molecule has 9 nitrogen and oxygen atoms in total. The van der Waals surface area contributed by atoms with Crippen LogP contribution in [0.1, 0.15) is 194 Å². The molecule has 0 aromatic rings. The second-order valence-corrected chi connectivity index (χ2v) is 15.8. The summed E-state index contributed by atoms with van der Waals surface area (Å²) in [4.78, 5) is 12.8. The van der Waals surface area contributed by atoms with Crippen molar-refractivity contribution in [2.24, 2.45) is 0 Å². The Balaban J connectivity index is 2.27. The molecule has 328 valence electrons. The van der Waals surface area contributed by atoms with Gasteiger partial charge in [-0.1, -0.05) is 153 Å². The third-order valence-electron chi connectivity index (χ3n) is 10.5. The van der Waals surface area contributed by atoms with Gasteiger partial charge in [-0.25, -0.2) is 0 Å². The molecule has 0 aromatic heterocycles. The van der Waals surface area contributed by atoms with Crippen molar-refractivity contribution in [1.82, 2.24) is 0 Å². The first-order valence-corrected chi connectivity index (χ1v) is 23.1. The van der Waals surface area contributed by atoms with Crippen molar-refractivity contribution in [1.29, 1.82) is 0 Å². The number of hydrogen-bond donors (Lipinski definition) is 4. The minimum absolute atomic E-state index is 0.121. The Labute approximate surface area is 342 Å². The van der Waals surface area contributed by atoms with Crippen molar-refractivity contribution in [2.75, 3.05) is 26.4 Å². The molecule has 1 heterocycles. The average Bonchev–Trinajstić information content (AvgIpc) is 3.20. The van der Waals surface area contributed by atoms with Gasteiger partial charge in [-0.3, -0.25) is 4.79 Å². The van der Waals surface area contributed by atoms with Crippen LogP contribution in [0.4, 0.5) is 0 Å². The summed E-state index contributed by atoms with van der Waals surface area (Å²) < 4.78 is 22.8. The van der Waals surface area contributed by atoms with Crippen LogP contribution in [0.3, 0.4) is 0 Å². The van der Waals surface area contributed by atoms with E-state index in [0.29, 0.717) is 13.0 Å². The van der Waals surface area contributed by atoms with E-state index in [9.17, 15) is 25.2 Å². The summed E-state index contributed by atoms with van der Waals surface area (Å²) in [6, 6.07) is 0. The van der Waals surface area contributed by atoms with Gasteiger partial charge in [0.15, 0.2) is 6.29 Å². The lowest BCUT2D eigenvalue weighted by Gasteiger charge is -2.39. The lowest BCUT2D eigenvalue weighted by molar-refractivity contribution is -0.305. The molecular weight excluding hydrogens is 709 g/mol. The Kier molecular flexibility index (Phi) is 36.4. The number of esters is 1. The van der Waals surface area contributed by atoms with Crippen LogP contribution in [0, 0.1) is 0 Å². The summed E-state index contributed by atoms with van der Waals surface area (Å²) in [7, 11) is 0. The van der Waals surface area contributed by atoms with Crippen molar-refractivity contribution < 1.29 is 44.2 Å². The topological polar surface area (TPSA) is 135 Å². The number of rotatable bonds is 39. The Morgan fingerprint density at radius 3 is 1.57 bits per heavy atom. The maximum atomic E-state index is 12.8. The Morgan fingerprint density at radius 1 is 0.571 bits per heavy atom. The van der Waals surface area contributed by atoms with Gasteiger partial charge in [0.2, 0.25) is 0 Å². The highest BCUT2D eigenvalue weighted by Gasteiger charge is 2.44. The van der Waals surface area contributed by atoms with Gasteiger partial charge >= 0.3 is 5.97 Å². The fourth-order valence-electron chi connectivity index (χ4n) is 6.87. The zero-order valence-electron chi connectivity index (χ0n) is 35.9. The maximum Gasteiger partial charge on any atom is 0.306 e. The molecule has 6 unspecified atom stereocenters. The third-order valence-corrected chi connectivity index (χ3v) is 10.5. The van der Waals surface area contributed by atoms with Gasteiger partial charge < -0.3 is 39.4 Å². The number of aliphatic hydroxyl groups excluding tert-OH is 4. The number of ether oxygens (including phenoxy) is 4. The quantitative estimate of drug-likeness (QED) is 0.0272. The number of allylic oxidation sites excluding steroid dienone is 6. The van der Waals surface area contributed by atoms with Gasteiger partial charge in [-0.15, -0.1) is 0 Å². The highest BCUT2D eigenvalue weighted by molar-refractivity contribution is 5.69. The smallest absolute Gasteiger partial charge is 0.306 e. The van der Waals surface area contributed by atoms with Gasteiger partial charge in [0.25, 0.3) is 0 Å². The first kappa shape index (κ1) is 52.4. The molecule has 0 saturated carbocycles. The maximum absolute atomic E-state index is 12.8. The predicted molar refractivity (Wildman–Crippen MR) is 228 cm³/mol. The van der Waals surface area contributed by atoms with Gasteiger partial charge in [0, 0.05) is 13.0 Å². The predicted octanol–water partition coefficient (Wildman–Crippen LogP) is 10.4. The molecule has 1 aliphatic heterocycles. The normalized spacial score (nSPS) is 20.9. The number of unbranched alkanes of at least 4 members (excludes halogenated alkanes) is 22. The molecule has 1 saturated heterocycles. The van der Waals surface area contributed by atoms with Crippen LogP contribution >= 0.6 is 0 Å². The van der Waals surface area contributed by atoms with Crippen LogP contribution < -0.4 is 0 Å². The second kappa shape index (κ2) is 38.9. The molecule has 1 rings (SSSR count). The van der Waals surface area contributed by atoms with Crippen LogP contribution in [0.15, 0.2) is 36.5 Å². The fraction of sp³-hybridized carbons (Fsp3) is 0.851. The third kappa shape index (κ3) is 29.6. The molecule has 9 heteroatoms. The summed E-state index contributed by atoms with van der Waals surface area (Å²) >= 11 is 0. The molecule has 56 heavy (non-hydrogen) atoms. The lowest BCUT2D eigenvalue weighted by Crippen LogP contribution is -2.59. The molecule has 6 atom stereocenters. The minimum Gasteiger partial charge on any atom is -0.457 e. The fourth-order valence-corrected chi connectivity index (χ4v) is 6.87. The number of carbonyl (C=O) groups is 1. The van der Waals surface area contributed by atoms with E-state index in [1.807, 2.05) is 0 Å². The van der Waals surface area contributed by atoms with Crippen LogP contribution in [0.25, 0.3) is 0 Å². The van der Waals surface area contributed by atoms with Crippen LogP contribution in [0.5, 0.6) is 0 Å². The van der Waals surface area contributed by atoms with Crippen LogP contribution in [-0.2, 0) is 23.7 Å². The SMILES string of the molecule is CCCCCC/C=C\C/C=C\CCCCCCCC(=O)OC(COCCCCCCCC/C=C\CCCCCCCCC)COC1OC(CO)C(O)C(O)C1O. The molecule has 0 aromatic carbocycles. The molecule has 0 radical (unpaired) electrons. The molecule has 1 fully saturated rings. The van der Waals surface area contributed by atoms with Crippen LogP contribution in [-0.4, -0.2) is 89.6 Å². The van der Waals surface area contributed by atoms with Crippen molar-refractivity contribution in [3.05, 3.63) is 36.5 Å². The molecule has 1 aliphatic rings. The standard InChI is InChI=1S/C47H86O9/c1-3-5-7-9-11-13-15-17-19-21-23-25-27-29-31-33-35-37-53-39-41(40-54-47-46(52)45(51)44(50)42(38-48)56-47)55-43(49)36-34-32-30-28-26-24-22-20-18-16-14-12-10-8-6-4-2/h14,16,19-22,41-42,44-48,50-52H,3-13,15,17-18,23-40H2,1-2H3/b16-14-,21-19-,22-20-. The summed E-state index contributed by atoms with van der Waals surface area (Å²) in [5.74, 6) is -0.329. The van der Waals surface area contributed by atoms with E-state index < -0.39 is 43.4 Å². The van der Waals surface area contributed by atoms with E-state index in [1.54, 1.807) is 0 Å². The summed E-state index contributed by atoms with van der Waals surface area (Å²) in [5.41, 5.74) is 0. The van der Waals surface area contributed by atoms with Gasteiger partial charge in [-0.05, 0) is 70.6 Å². The first-order chi connectivity index (χ1) is 27.4. The zero-order chi connectivity index (χ0) is 40.7. The van der Waals surface area contributed by atoms with E-state index in [0.717, 1.165) is 64.2 Å². The summed E-state index contributed by atoms with van der Waals surface area (Å²) in [6.07, 6.45) is 38.8. The number of hydrogen-bond acceptors (Lipinski definition) is 9. The van der Waals surface area contributed by atoms with Crippen molar-refractivity contribution in [3.8, 4) is 0 Å². The first-order valence-electron chi connectivity index (χ1n) is 23.1. The highest BCUT2D eigenvalue weighted by atomic mass is 16.7. The number of carbonyl (C=O) groups excluding carboxylic acids is 1. The van der Waals surface area contributed by atoms with Gasteiger partial charge in [0.05, 0.1) is 19.8 Å². The Morgan fingerprint density at radius 2 is 1.04 bits per heavy atom. The Bertz CT molecular complexity index is 952.